The molecular formula is C7H15P. The molecule has 48 valence electrons. The summed E-state index contributed by atoms with van der Waals surface area (Å²) in [6.45, 7) is 2.30. The fraction of sp³-hybridized carbons (Fsp3) is 1.00. The summed E-state index contributed by atoms with van der Waals surface area (Å²) in [6, 6.07) is 0. The molecule has 0 radical (unpaired) electrons. The quantitative estimate of drug-likeness (QED) is 0.478. The first-order valence-electron chi connectivity index (χ1n) is 3.58. The Labute approximate surface area is 54.3 Å². The van der Waals surface area contributed by atoms with Crippen molar-refractivity contribution in [3.8, 4) is 0 Å². The van der Waals surface area contributed by atoms with Gasteiger partial charge >= 0.3 is 0 Å². The highest BCUT2D eigenvalue weighted by Crippen LogP contribution is 2.32. The van der Waals surface area contributed by atoms with Gasteiger partial charge < -0.3 is 0 Å². The van der Waals surface area contributed by atoms with Gasteiger partial charge in [-0.2, -0.15) is 0 Å². The maximum absolute atomic E-state index is 2.93. The molecule has 0 amide bonds. The van der Waals surface area contributed by atoms with E-state index in [0.717, 1.165) is 11.6 Å². The Kier molecular flexibility index (Phi) is 2.31. The van der Waals surface area contributed by atoms with Crippen LogP contribution in [-0.2, 0) is 0 Å². The fourth-order valence-corrected chi connectivity index (χ4v) is 2.06. The van der Waals surface area contributed by atoms with Gasteiger partial charge in [0.15, 0.2) is 0 Å². The van der Waals surface area contributed by atoms with Gasteiger partial charge in [0, 0.05) is 0 Å². The van der Waals surface area contributed by atoms with Gasteiger partial charge in [-0.1, -0.05) is 13.3 Å². The third kappa shape index (κ3) is 1.45. The molecule has 8 heavy (non-hydrogen) atoms. The second-order valence-electron chi connectivity index (χ2n) is 2.85. The van der Waals surface area contributed by atoms with Crippen molar-refractivity contribution in [2.45, 2.75) is 38.3 Å². The Balaban J connectivity index is 2.22. The summed E-state index contributed by atoms with van der Waals surface area (Å²) in [5, 5.41) is 0. The molecular weight excluding hydrogens is 115 g/mol. The van der Waals surface area contributed by atoms with Gasteiger partial charge in [-0.05, 0) is 30.8 Å². The van der Waals surface area contributed by atoms with Crippen molar-refractivity contribution in [3.05, 3.63) is 0 Å². The minimum absolute atomic E-state index is 0.944. The molecule has 1 rings (SSSR count). The smallest absolute Gasteiger partial charge is 0.0261 e. The molecule has 0 aliphatic heterocycles. The lowest BCUT2D eigenvalue weighted by atomic mass is 10.1. The monoisotopic (exact) mass is 130 g/mol. The molecule has 3 atom stereocenters. The molecule has 0 heterocycles. The van der Waals surface area contributed by atoms with Crippen LogP contribution < -0.4 is 0 Å². The third-order valence-corrected chi connectivity index (χ3v) is 2.76. The Morgan fingerprint density at radius 2 is 2.25 bits per heavy atom. The lowest BCUT2D eigenvalue weighted by Crippen LogP contribution is -1.91. The fourth-order valence-electron chi connectivity index (χ4n) is 1.48. The second-order valence-corrected chi connectivity index (χ2v) is 3.79. The van der Waals surface area contributed by atoms with E-state index in [0.29, 0.717) is 0 Å². The SMILES string of the molecule is CCC1CCC(P)C1. The largest absolute Gasteiger partial charge is 0.134 e. The summed E-state index contributed by atoms with van der Waals surface area (Å²) >= 11 is 0. The van der Waals surface area contributed by atoms with E-state index in [4.69, 9.17) is 0 Å². The summed E-state index contributed by atoms with van der Waals surface area (Å²) in [5.41, 5.74) is 0.944. The molecule has 0 N–H and O–H groups in total. The first-order valence-corrected chi connectivity index (χ1v) is 4.25. The Morgan fingerprint density at radius 1 is 1.50 bits per heavy atom. The van der Waals surface area contributed by atoms with Crippen molar-refractivity contribution in [2.24, 2.45) is 5.92 Å². The number of hydrogen-bond donors (Lipinski definition) is 0. The first kappa shape index (κ1) is 6.55. The first-order chi connectivity index (χ1) is 3.83. The zero-order valence-corrected chi connectivity index (χ0v) is 6.72. The van der Waals surface area contributed by atoms with Gasteiger partial charge in [-0.3, -0.25) is 0 Å². The predicted molar refractivity (Wildman–Crippen MR) is 41.1 cm³/mol. The summed E-state index contributed by atoms with van der Waals surface area (Å²) in [7, 11) is 2.93. The van der Waals surface area contributed by atoms with Gasteiger partial charge in [-0.15, -0.1) is 9.24 Å². The van der Waals surface area contributed by atoms with E-state index in [1.165, 1.54) is 25.7 Å². The summed E-state index contributed by atoms with van der Waals surface area (Å²) < 4.78 is 0. The van der Waals surface area contributed by atoms with Crippen molar-refractivity contribution in [1.29, 1.82) is 0 Å². The second kappa shape index (κ2) is 2.82. The minimum atomic E-state index is 0.944. The summed E-state index contributed by atoms with van der Waals surface area (Å²) in [4.78, 5) is 0. The van der Waals surface area contributed by atoms with Gasteiger partial charge in [-0.25, -0.2) is 0 Å². The van der Waals surface area contributed by atoms with Crippen LogP contribution in [0.3, 0.4) is 0 Å². The lowest BCUT2D eigenvalue weighted by molar-refractivity contribution is 0.532. The summed E-state index contributed by atoms with van der Waals surface area (Å²) in [5.74, 6) is 1.05. The average Bonchev–Trinajstić information content (AvgIpc) is 2.14. The van der Waals surface area contributed by atoms with Crippen LogP contribution in [0.5, 0.6) is 0 Å². The molecule has 1 aliphatic carbocycles. The van der Waals surface area contributed by atoms with E-state index in [2.05, 4.69) is 16.2 Å². The lowest BCUT2D eigenvalue weighted by Gasteiger charge is -2.02. The van der Waals surface area contributed by atoms with Crippen molar-refractivity contribution in [3.63, 3.8) is 0 Å². The molecule has 0 aromatic rings. The van der Waals surface area contributed by atoms with Crippen LogP contribution in [0.25, 0.3) is 0 Å². The van der Waals surface area contributed by atoms with Crippen LogP contribution >= 0.6 is 9.24 Å². The van der Waals surface area contributed by atoms with Gasteiger partial charge in [0.2, 0.25) is 0 Å². The third-order valence-electron chi connectivity index (χ3n) is 2.16. The molecule has 0 nitrogen and oxygen atoms in total. The van der Waals surface area contributed by atoms with E-state index >= 15 is 0 Å². The maximum Gasteiger partial charge on any atom is -0.0261 e. The Bertz CT molecular complexity index is 70.8. The molecule has 3 unspecified atom stereocenters. The maximum atomic E-state index is 2.93. The molecule has 0 aromatic heterocycles. The van der Waals surface area contributed by atoms with Crippen molar-refractivity contribution < 1.29 is 0 Å². The highest BCUT2D eigenvalue weighted by Gasteiger charge is 2.18. The molecule has 0 aromatic carbocycles. The zero-order valence-electron chi connectivity index (χ0n) is 5.56. The molecule has 1 saturated carbocycles. The van der Waals surface area contributed by atoms with Crippen LogP contribution in [0.15, 0.2) is 0 Å². The molecule has 1 aliphatic rings. The van der Waals surface area contributed by atoms with E-state index in [-0.39, 0.29) is 0 Å². The average molecular weight is 130 g/mol. The normalized spacial score (nSPS) is 38.2. The molecule has 0 spiro atoms. The van der Waals surface area contributed by atoms with Crippen molar-refractivity contribution in [2.75, 3.05) is 0 Å². The van der Waals surface area contributed by atoms with Gasteiger partial charge in [0.1, 0.15) is 0 Å². The predicted octanol–water partition coefficient (Wildman–Crippen LogP) is 2.44. The number of hydrogen-bond acceptors (Lipinski definition) is 0. The Morgan fingerprint density at radius 3 is 2.50 bits per heavy atom. The van der Waals surface area contributed by atoms with Crippen LogP contribution in [0.2, 0.25) is 0 Å². The van der Waals surface area contributed by atoms with E-state index in [1.807, 2.05) is 0 Å². The molecule has 0 saturated heterocycles. The van der Waals surface area contributed by atoms with Crippen molar-refractivity contribution >= 4 is 9.24 Å². The highest BCUT2D eigenvalue weighted by molar-refractivity contribution is 7.17. The Hall–Kier alpha value is 0.430. The number of rotatable bonds is 1. The van der Waals surface area contributed by atoms with Crippen LogP contribution in [0.4, 0.5) is 0 Å². The summed E-state index contributed by atoms with van der Waals surface area (Å²) in [6.07, 6.45) is 5.78. The van der Waals surface area contributed by atoms with E-state index in [9.17, 15) is 0 Å². The van der Waals surface area contributed by atoms with Crippen molar-refractivity contribution in [1.82, 2.24) is 0 Å². The van der Waals surface area contributed by atoms with E-state index in [1.54, 1.807) is 0 Å². The zero-order chi connectivity index (χ0) is 5.98. The van der Waals surface area contributed by atoms with Gasteiger partial charge in [0.05, 0.1) is 0 Å². The molecule has 0 bridgehead atoms. The van der Waals surface area contributed by atoms with Crippen LogP contribution in [-0.4, -0.2) is 5.66 Å². The minimum Gasteiger partial charge on any atom is -0.134 e. The molecule has 1 fully saturated rings. The van der Waals surface area contributed by atoms with E-state index < -0.39 is 0 Å². The highest BCUT2D eigenvalue weighted by atomic mass is 31.0. The standard InChI is InChI=1S/C7H15P/c1-2-6-3-4-7(8)5-6/h6-7H,2-5,8H2,1H3. The molecule has 1 heteroatoms. The van der Waals surface area contributed by atoms with Crippen LogP contribution in [0, 0.1) is 5.92 Å². The van der Waals surface area contributed by atoms with Gasteiger partial charge in [0.25, 0.3) is 0 Å². The topological polar surface area (TPSA) is 0 Å². The van der Waals surface area contributed by atoms with Crippen LogP contribution in [0.1, 0.15) is 32.6 Å².